The van der Waals surface area contributed by atoms with Crippen LogP contribution in [0.15, 0.2) is 78.9 Å². The van der Waals surface area contributed by atoms with Gasteiger partial charge in [0, 0.05) is 17.0 Å². The maximum Gasteiger partial charge on any atom is 0.220 e. The highest BCUT2D eigenvalue weighted by Gasteiger charge is 2.20. The maximum atomic E-state index is 12.9. The summed E-state index contributed by atoms with van der Waals surface area (Å²) >= 11 is 5.95. The molecular weight excluding hydrogens is 422 g/mol. The zero-order valence-electron chi connectivity index (χ0n) is 17.8. The largest absolute Gasteiger partial charge is 0.346 e. The van der Waals surface area contributed by atoms with Gasteiger partial charge in [-0.15, -0.1) is 0 Å². The lowest BCUT2D eigenvalue weighted by molar-refractivity contribution is -0.121. The third-order valence-electron chi connectivity index (χ3n) is 5.40. The Balaban J connectivity index is 1.53. The highest BCUT2D eigenvalue weighted by molar-refractivity contribution is 6.30. The number of nitrogens with one attached hydrogen (secondary N) is 1. The molecular formula is C26H24ClN3O2. The van der Waals surface area contributed by atoms with Gasteiger partial charge in [0.2, 0.25) is 5.91 Å². The van der Waals surface area contributed by atoms with Crippen LogP contribution in [0.5, 0.6) is 0 Å². The molecule has 4 aromatic rings. The number of ketones is 1. The number of nitrogens with zero attached hydrogens (tertiary/aromatic N) is 2. The summed E-state index contributed by atoms with van der Waals surface area (Å²) < 4.78 is 1.88. The van der Waals surface area contributed by atoms with Crippen molar-refractivity contribution in [2.24, 2.45) is 0 Å². The number of benzene rings is 3. The van der Waals surface area contributed by atoms with Crippen LogP contribution < -0.4 is 5.32 Å². The van der Waals surface area contributed by atoms with Gasteiger partial charge < -0.3 is 9.88 Å². The van der Waals surface area contributed by atoms with Crippen molar-refractivity contribution in [3.63, 3.8) is 0 Å². The van der Waals surface area contributed by atoms with E-state index in [4.69, 9.17) is 16.6 Å². The van der Waals surface area contributed by atoms with Crippen molar-refractivity contribution in [1.29, 1.82) is 0 Å². The molecule has 0 saturated carbocycles. The number of aryl methyl sites for hydroxylation is 1. The van der Waals surface area contributed by atoms with Gasteiger partial charge in [-0.2, -0.15) is 0 Å². The van der Waals surface area contributed by atoms with Crippen LogP contribution in [0.2, 0.25) is 5.02 Å². The molecule has 1 aromatic heterocycles. The number of hydrogen-bond acceptors (Lipinski definition) is 3. The summed E-state index contributed by atoms with van der Waals surface area (Å²) in [5.74, 6) is 0.555. The van der Waals surface area contributed by atoms with E-state index >= 15 is 0 Å². The van der Waals surface area contributed by atoms with E-state index in [1.807, 2.05) is 66.1 Å². The molecule has 1 heterocycles. The summed E-state index contributed by atoms with van der Waals surface area (Å²) in [4.78, 5) is 30.2. The smallest absolute Gasteiger partial charge is 0.220 e. The van der Waals surface area contributed by atoms with E-state index in [0.717, 1.165) is 16.6 Å². The van der Waals surface area contributed by atoms with Gasteiger partial charge in [0.15, 0.2) is 5.78 Å². The first-order valence-corrected chi connectivity index (χ1v) is 11.0. The number of aromatic nitrogens is 2. The molecule has 0 aliphatic heterocycles. The molecule has 6 heteroatoms. The van der Waals surface area contributed by atoms with Crippen LogP contribution in [0.4, 0.5) is 0 Å². The number of carbonyl (C=O) groups is 2. The van der Waals surface area contributed by atoms with Crippen LogP contribution in [-0.4, -0.2) is 21.2 Å². The zero-order chi connectivity index (χ0) is 22.5. The number of halogens is 1. The fourth-order valence-electron chi connectivity index (χ4n) is 3.74. The Hall–Kier alpha value is -3.44. The summed E-state index contributed by atoms with van der Waals surface area (Å²) in [6.45, 7) is 2.02. The lowest BCUT2D eigenvalue weighted by Crippen LogP contribution is -2.29. The third kappa shape index (κ3) is 5.06. The summed E-state index contributed by atoms with van der Waals surface area (Å²) in [6, 6.07) is 24.1. The van der Waals surface area contributed by atoms with Gasteiger partial charge in [-0.05, 0) is 55.3 Å². The van der Waals surface area contributed by atoms with Crippen molar-refractivity contribution in [3.8, 4) is 0 Å². The third-order valence-corrected chi connectivity index (χ3v) is 5.65. The number of carbonyl (C=O) groups excluding carboxylic acids is 2. The van der Waals surface area contributed by atoms with Crippen molar-refractivity contribution in [2.75, 3.05) is 0 Å². The van der Waals surface area contributed by atoms with E-state index in [1.54, 1.807) is 24.3 Å². The first kappa shape index (κ1) is 21.8. The molecule has 4 rings (SSSR count). The Labute approximate surface area is 192 Å². The van der Waals surface area contributed by atoms with Crippen LogP contribution >= 0.6 is 11.6 Å². The average Bonchev–Trinajstić information content (AvgIpc) is 3.17. The Bertz CT molecular complexity index is 1230. The van der Waals surface area contributed by atoms with Gasteiger partial charge >= 0.3 is 0 Å². The molecule has 0 saturated heterocycles. The Morgan fingerprint density at radius 2 is 1.66 bits per heavy atom. The number of hydrogen-bond donors (Lipinski definition) is 1. The number of amides is 1. The molecule has 0 spiro atoms. The molecule has 32 heavy (non-hydrogen) atoms. The van der Waals surface area contributed by atoms with Crippen molar-refractivity contribution < 1.29 is 9.59 Å². The van der Waals surface area contributed by atoms with Crippen molar-refractivity contribution >= 4 is 34.3 Å². The van der Waals surface area contributed by atoms with Crippen LogP contribution in [0.25, 0.3) is 11.0 Å². The second-order valence-corrected chi connectivity index (χ2v) is 8.19. The summed E-state index contributed by atoms with van der Waals surface area (Å²) in [5, 5.41) is 3.62. The topological polar surface area (TPSA) is 64.0 Å². The number of rotatable bonds is 8. The molecule has 0 bridgehead atoms. The summed E-state index contributed by atoms with van der Waals surface area (Å²) in [6.07, 6.45) is 1.06. The molecule has 0 fully saturated rings. The molecule has 5 nitrogen and oxygen atoms in total. The molecule has 0 aliphatic carbocycles. The maximum absolute atomic E-state index is 12.9. The van der Waals surface area contributed by atoms with Crippen LogP contribution in [0.3, 0.4) is 0 Å². The van der Waals surface area contributed by atoms with E-state index in [1.165, 1.54) is 0 Å². The molecule has 162 valence electrons. The molecule has 1 amide bonds. The number of imidazole rings is 1. The van der Waals surface area contributed by atoms with E-state index in [9.17, 15) is 9.59 Å². The summed E-state index contributed by atoms with van der Waals surface area (Å²) in [7, 11) is 0. The van der Waals surface area contributed by atoms with Gasteiger partial charge in [0.05, 0.1) is 23.6 Å². The number of Topliss-reactive ketones (excluding diaryl/α,β-unsaturated/α-hetero) is 1. The lowest BCUT2D eigenvalue weighted by atomic mass is 10.1. The second-order valence-electron chi connectivity index (χ2n) is 7.75. The Morgan fingerprint density at radius 1 is 0.969 bits per heavy atom. The minimum Gasteiger partial charge on any atom is -0.346 e. The minimum atomic E-state index is -0.344. The van der Waals surface area contributed by atoms with Crippen LogP contribution in [0, 0.1) is 0 Å². The number of fused-ring (bicyclic) bond motifs is 1. The average molecular weight is 446 g/mol. The van der Waals surface area contributed by atoms with E-state index in [2.05, 4.69) is 5.32 Å². The molecule has 0 radical (unpaired) electrons. The predicted molar refractivity (Wildman–Crippen MR) is 127 cm³/mol. The molecule has 1 unspecified atom stereocenters. The first-order valence-electron chi connectivity index (χ1n) is 10.6. The van der Waals surface area contributed by atoms with Crippen molar-refractivity contribution in [1.82, 2.24) is 14.9 Å². The monoisotopic (exact) mass is 445 g/mol. The van der Waals surface area contributed by atoms with Gasteiger partial charge in [0.25, 0.3) is 0 Å². The molecule has 0 aliphatic rings. The Kier molecular flexibility index (Phi) is 6.66. The quantitative estimate of drug-likeness (QED) is 0.370. The van der Waals surface area contributed by atoms with E-state index < -0.39 is 0 Å². The van der Waals surface area contributed by atoms with Gasteiger partial charge in [-0.3, -0.25) is 9.59 Å². The molecule has 1 N–H and O–H groups in total. The van der Waals surface area contributed by atoms with Crippen LogP contribution in [0.1, 0.15) is 41.1 Å². The molecule has 3 aromatic carbocycles. The standard InChI is InChI=1S/C26H24ClN3O2/c1-18(28-25(32)16-11-19-7-3-2-4-8-19)26-29-22-9-5-6-10-23(22)30(26)17-24(31)20-12-14-21(27)15-13-20/h2-10,12-15,18H,11,16-17H2,1H3,(H,28,32). The first-order chi connectivity index (χ1) is 15.5. The zero-order valence-corrected chi connectivity index (χ0v) is 18.5. The van der Waals surface area contributed by atoms with Gasteiger partial charge in [0.1, 0.15) is 5.82 Å². The number of para-hydroxylation sites is 2. The molecule has 1 atom stereocenters. The lowest BCUT2D eigenvalue weighted by Gasteiger charge is -2.16. The van der Waals surface area contributed by atoms with Crippen molar-refractivity contribution in [3.05, 3.63) is 101 Å². The second kappa shape index (κ2) is 9.79. The summed E-state index contributed by atoms with van der Waals surface area (Å²) in [5.41, 5.74) is 3.35. The van der Waals surface area contributed by atoms with Crippen LogP contribution in [-0.2, 0) is 17.8 Å². The Morgan fingerprint density at radius 3 is 2.41 bits per heavy atom. The van der Waals surface area contributed by atoms with Gasteiger partial charge in [-0.25, -0.2) is 4.98 Å². The fourth-order valence-corrected chi connectivity index (χ4v) is 3.87. The normalized spacial score (nSPS) is 11.9. The van der Waals surface area contributed by atoms with E-state index in [0.29, 0.717) is 29.3 Å². The van der Waals surface area contributed by atoms with E-state index in [-0.39, 0.29) is 24.3 Å². The van der Waals surface area contributed by atoms with Gasteiger partial charge in [-0.1, -0.05) is 54.1 Å². The highest BCUT2D eigenvalue weighted by atomic mass is 35.5. The van der Waals surface area contributed by atoms with Crippen molar-refractivity contribution in [2.45, 2.75) is 32.4 Å². The highest BCUT2D eigenvalue weighted by Crippen LogP contribution is 2.22. The predicted octanol–water partition coefficient (Wildman–Crippen LogP) is 5.38. The fraction of sp³-hybridized carbons (Fsp3) is 0.192. The minimum absolute atomic E-state index is 0.0475. The SMILES string of the molecule is CC(NC(=O)CCc1ccccc1)c1nc2ccccc2n1CC(=O)c1ccc(Cl)cc1.